The average molecular weight is 364 g/mol. The van der Waals surface area contributed by atoms with Gasteiger partial charge in [0.1, 0.15) is 0 Å². The second-order valence-electron chi connectivity index (χ2n) is 5.92. The summed E-state index contributed by atoms with van der Waals surface area (Å²) in [4.78, 5) is 17.0. The van der Waals surface area contributed by atoms with E-state index in [2.05, 4.69) is 11.4 Å². The van der Waals surface area contributed by atoms with E-state index in [0.29, 0.717) is 0 Å². The first-order valence-corrected chi connectivity index (χ1v) is 10.3. The standard InChI is InChI=1S/C16H35O4P.Na.H2O.H/c1-2-3-4-5-6-7-8-9-10-11-12-13-14-15-16-20-21(17,18)19;;;/h2-16H2,1H3,(H2,17,18,19);;1H2;. The first-order valence-electron chi connectivity index (χ1n) is 8.76. The second kappa shape index (κ2) is 21.1. The zero-order valence-electron chi connectivity index (χ0n) is 14.3. The van der Waals surface area contributed by atoms with Crippen LogP contribution in [0.25, 0.3) is 0 Å². The quantitative estimate of drug-likeness (QED) is 0.245. The zero-order valence-corrected chi connectivity index (χ0v) is 15.2. The molecule has 0 aromatic heterocycles. The summed E-state index contributed by atoms with van der Waals surface area (Å²) in [5.41, 5.74) is 0. The fourth-order valence-corrected chi connectivity index (χ4v) is 2.85. The van der Waals surface area contributed by atoms with Crippen LogP contribution in [0, 0.1) is 0 Å². The Kier molecular flexibility index (Phi) is 26.5. The Morgan fingerprint density at radius 2 is 1.00 bits per heavy atom. The molecule has 0 fully saturated rings. The van der Waals surface area contributed by atoms with Crippen molar-refractivity contribution in [3.05, 3.63) is 0 Å². The molecular formula is C16H38NaO5P. The van der Waals surface area contributed by atoms with Gasteiger partial charge in [0.15, 0.2) is 0 Å². The maximum absolute atomic E-state index is 10.4. The summed E-state index contributed by atoms with van der Waals surface area (Å²) >= 11 is 0. The molecule has 138 valence electrons. The van der Waals surface area contributed by atoms with Crippen LogP contribution in [0.3, 0.4) is 0 Å². The van der Waals surface area contributed by atoms with Crippen LogP contribution in [-0.2, 0) is 9.09 Å². The van der Waals surface area contributed by atoms with Crippen LogP contribution < -0.4 is 0 Å². The van der Waals surface area contributed by atoms with Crippen LogP contribution in [0.15, 0.2) is 0 Å². The van der Waals surface area contributed by atoms with Crippen molar-refractivity contribution >= 4 is 37.4 Å². The van der Waals surface area contributed by atoms with Gasteiger partial charge in [-0.25, -0.2) is 4.57 Å². The van der Waals surface area contributed by atoms with Gasteiger partial charge in [-0.05, 0) is 6.42 Å². The van der Waals surface area contributed by atoms with E-state index in [4.69, 9.17) is 9.79 Å². The van der Waals surface area contributed by atoms with E-state index in [-0.39, 0.29) is 41.6 Å². The molecule has 0 radical (unpaired) electrons. The second-order valence-corrected chi connectivity index (χ2v) is 7.16. The average Bonchev–Trinajstić information content (AvgIpc) is 2.42. The van der Waals surface area contributed by atoms with Crippen molar-refractivity contribution in [1.82, 2.24) is 0 Å². The molecule has 0 rings (SSSR count). The molecule has 0 atom stereocenters. The first kappa shape index (κ1) is 28.9. The van der Waals surface area contributed by atoms with E-state index in [1.165, 1.54) is 70.6 Å². The van der Waals surface area contributed by atoms with Crippen molar-refractivity contribution in [2.45, 2.75) is 96.8 Å². The van der Waals surface area contributed by atoms with E-state index >= 15 is 0 Å². The monoisotopic (exact) mass is 364 g/mol. The van der Waals surface area contributed by atoms with E-state index in [9.17, 15) is 4.57 Å². The summed E-state index contributed by atoms with van der Waals surface area (Å²) in [6, 6.07) is 0. The normalized spacial score (nSPS) is 10.9. The van der Waals surface area contributed by atoms with Crippen LogP contribution in [0.1, 0.15) is 96.8 Å². The van der Waals surface area contributed by atoms with Gasteiger partial charge >= 0.3 is 37.4 Å². The molecule has 0 aliphatic rings. The van der Waals surface area contributed by atoms with Crippen LogP contribution in [-0.4, -0.2) is 51.4 Å². The van der Waals surface area contributed by atoms with Crippen molar-refractivity contribution in [3.63, 3.8) is 0 Å². The van der Waals surface area contributed by atoms with Gasteiger partial charge < -0.3 is 15.3 Å². The fraction of sp³-hybridized carbons (Fsp3) is 1.00. The van der Waals surface area contributed by atoms with Crippen molar-refractivity contribution in [2.75, 3.05) is 6.61 Å². The molecule has 0 aromatic rings. The molecule has 0 spiro atoms. The molecule has 0 amide bonds. The molecule has 0 aliphatic carbocycles. The predicted octanol–water partition coefficient (Wildman–Crippen LogP) is 4.10. The van der Waals surface area contributed by atoms with Gasteiger partial charge in [-0.15, -0.1) is 0 Å². The van der Waals surface area contributed by atoms with Gasteiger partial charge in [-0.1, -0.05) is 90.4 Å². The third-order valence-corrected chi connectivity index (χ3v) is 4.28. The topological polar surface area (TPSA) is 98.3 Å². The van der Waals surface area contributed by atoms with Crippen LogP contribution >= 0.6 is 7.82 Å². The van der Waals surface area contributed by atoms with Crippen molar-refractivity contribution in [3.8, 4) is 0 Å². The first-order chi connectivity index (χ1) is 10.1. The molecule has 0 unspecified atom stereocenters. The minimum atomic E-state index is -4.25. The van der Waals surface area contributed by atoms with Gasteiger partial charge in [-0.3, -0.25) is 4.52 Å². The number of phosphoric acid groups is 1. The molecule has 4 N–H and O–H groups in total. The van der Waals surface area contributed by atoms with Crippen LogP contribution in [0.2, 0.25) is 0 Å². The van der Waals surface area contributed by atoms with Crippen LogP contribution in [0.4, 0.5) is 0 Å². The summed E-state index contributed by atoms with van der Waals surface area (Å²) in [7, 11) is -4.25. The summed E-state index contributed by atoms with van der Waals surface area (Å²) in [5, 5.41) is 0. The molecule has 0 aliphatic heterocycles. The molecule has 7 heteroatoms. The number of hydrogen-bond donors (Lipinski definition) is 2. The molecule has 0 heterocycles. The Balaban J connectivity index is -0.00000200. The Morgan fingerprint density at radius 3 is 1.30 bits per heavy atom. The van der Waals surface area contributed by atoms with E-state index in [1.54, 1.807) is 0 Å². The third-order valence-electron chi connectivity index (χ3n) is 3.76. The van der Waals surface area contributed by atoms with Crippen molar-refractivity contribution in [1.29, 1.82) is 0 Å². The zero-order chi connectivity index (χ0) is 15.8. The SMILES string of the molecule is CCCCCCCCCCCCCCCCOP(=O)(O)O.O.[NaH]. The summed E-state index contributed by atoms with van der Waals surface area (Å²) in [6.45, 7) is 2.42. The molecule has 23 heavy (non-hydrogen) atoms. The van der Waals surface area contributed by atoms with E-state index < -0.39 is 7.82 Å². The number of rotatable bonds is 16. The van der Waals surface area contributed by atoms with Gasteiger partial charge in [0, 0.05) is 0 Å². The third kappa shape index (κ3) is 28.2. The van der Waals surface area contributed by atoms with Crippen molar-refractivity contribution < 1.29 is 24.4 Å². The number of phosphoric ester groups is 1. The van der Waals surface area contributed by atoms with E-state index in [0.717, 1.165) is 19.3 Å². The summed E-state index contributed by atoms with van der Waals surface area (Å²) in [6.07, 6.45) is 17.8. The Morgan fingerprint density at radius 1 is 0.696 bits per heavy atom. The van der Waals surface area contributed by atoms with Crippen molar-refractivity contribution in [2.24, 2.45) is 0 Å². The summed E-state index contributed by atoms with van der Waals surface area (Å²) < 4.78 is 14.8. The molecule has 0 saturated carbocycles. The number of hydrogen-bond acceptors (Lipinski definition) is 2. The maximum atomic E-state index is 10.4. The Bertz CT molecular complexity index is 261. The molecule has 0 aromatic carbocycles. The predicted molar refractivity (Wildman–Crippen MR) is 99.1 cm³/mol. The van der Waals surface area contributed by atoms with Crippen LogP contribution in [0.5, 0.6) is 0 Å². The van der Waals surface area contributed by atoms with Gasteiger partial charge in [0.2, 0.25) is 0 Å². The molecule has 0 bridgehead atoms. The Hall–Kier alpha value is 1.07. The fourth-order valence-electron chi connectivity index (χ4n) is 2.48. The summed E-state index contributed by atoms with van der Waals surface area (Å²) in [5.74, 6) is 0. The van der Waals surface area contributed by atoms with E-state index in [1.807, 2.05) is 0 Å². The van der Waals surface area contributed by atoms with Gasteiger partial charge in [0.05, 0.1) is 6.61 Å². The van der Waals surface area contributed by atoms with Gasteiger partial charge in [0.25, 0.3) is 0 Å². The molecular weight excluding hydrogens is 326 g/mol. The Labute approximate surface area is 164 Å². The molecule has 0 saturated heterocycles. The minimum absolute atomic E-state index is 0. The molecule has 5 nitrogen and oxygen atoms in total. The number of unbranched alkanes of at least 4 members (excludes halogenated alkanes) is 13. The van der Waals surface area contributed by atoms with Gasteiger partial charge in [-0.2, -0.15) is 0 Å².